The molecule has 1 aromatic rings. The third-order valence-corrected chi connectivity index (χ3v) is 4.72. The maximum absolute atomic E-state index is 13.2. The predicted molar refractivity (Wildman–Crippen MR) is 60.2 cm³/mol. The average Bonchev–Trinajstić information content (AvgIpc) is 3.02. The molecule has 1 aromatic carbocycles. The third-order valence-electron chi connectivity index (χ3n) is 4.72. The molecule has 0 amide bonds. The van der Waals surface area contributed by atoms with Gasteiger partial charge in [0.05, 0.1) is 6.10 Å². The second-order valence-corrected chi connectivity index (χ2v) is 5.71. The Kier molecular flexibility index (Phi) is 1.76. The molecule has 1 spiro atoms. The summed E-state index contributed by atoms with van der Waals surface area (Å²) in [4.78, 5) is 0. The number of aliphatic hydroxyl groups excluding tert-OH is 1. The first-order chi connectivity index (χ1) is 8.18. The summed E-state index contributed by atoms with van der Waals surface area (Å²) in [6.07, 6.45) is 3.55. The van der Waals surface area contributed by atoms with Gasteiger partial charge in [0.1, 0.15) is 17.2 Å². The zero-order valence-corrected chi connectivity index (χ0v) is 9.53. The summed E-state index contributed by atoms with van der Waals surface area (Å²) in [5, 5.41) is 10.2. The number of benzene rings is 1. The molecule has 1 N–H and O–H groups in total. The van der Waals surface area contributed by atoms with Gasteiger partial charge in [-0.05, 0) is 43.4 Å². The lowest BCUT2D eigenvalue weighted by Crippen LogP contribution is -2.41. The van der Waals surface area contributed by atoms with Crippen molar-refractivity contribution in [3.8, 4) is 5.75 Å². The molecule has 4 atom stereocenters. The lowest BCUT2D eigenvalue weighted by atomic mass is 9.85. The number of hydrogen-bond donors (Lipinski definition) is 1. The van der Waals surface area contributed by atoms with E-state index in [1.807, 2.05) is 0 Å². The minimum Gasteiger partial charge on any atom is -0.486 e. The largest absolute Gasteiger partial charge is 0.486 e. The van der Waals surface area contributed by atoms with Crippen LogP contribution in [-0.4, -0.2) is 10.7 Å². The first-order valence-corrected chi connectivity index (χ1v) is 6.34. The van der Waals surface area contributed by atoms with Crippen LogP contribution in [0.25, 0.3) is 0 Å². The fourth-order valence-electron chi connectivity index (χ4n) is 3.78. The number of fused-ring (bicyclic) bond motifs is 3. The standard InChI is InChI=1S/C14H15FO2/c15-9-1-2-13-10(6-9)12(16)7-14(17-13)4-3-8-5-11(8)14/h1-2,6,8,11-12,16H,3-5,7H2/t8?,11?,12-,14?/m0/s1. The van der Waals surface area contributed by atoms with Gasteiger partial charge in [-0.15, -0.1) is 0 Å². The lowest BCUT2D eigenvalue weighted by Gasteiger charge is -2.39. The van der Waals surface area contributed by atoms with E-state index in [0.717, 1.165) is 12.3 Å². The van der Waals surface area contributed by atoms with Crippen LogP contribution >= 0.6 is 0 Å². The van der Waals surface area contributed by atoms with Gasteiger partial charge in [0.15, 0.2) is 0 Å². The highest BCUT2D eigenvalue weighted by Crippen LogP contribution is 2.63. The van der Waals surface area contributed by atoms with E-state index in [4.69, 9.17) is 4.74 Å². The Morgan fingerprint density at radius 3 is 3.00 bits per heavy atom. The zero-order chi connectivity index (χ0) is 11.6. The predicted octanol–water partition coefficient (Wildman–Crippen LogP) is 2.81. The SMILES string of the molecule is O[C@H]1CC2(CCC3CC32)Oc2ccc(F)cc21. The molecular formula is C14H15FO2. The van der Waals surface area contributed by atoms with Gasteiger partial charge in [-0.2, -0.15) is 0 Å². The summed E-state index contributed by atoms with van der Waals surface area (Å²) in [7, 11) is 0. The molecule has 90 valence electrons. The van der Waals surface area contributed by atoms with Crippen molar-refractivity contribution in [2.24, 2.45) is 11.8 Å². The van der Waals surface area contributed by atoms with E-state index in [-0.39, 0.29) is 11.4 Å². The van der Waals surface area contributed by atoms with Crippen molar-refractivity contribution in [1.82, 2.24) is 0 Å². The van der Waals surface area contributed by atoms with E-state index in [1.54, 1.807) is 6.07 Å². The Labute approximate surface area is 99.4 Å². The summed E-state index contributed by atoms with van der Waals surface area (Å²) in [5.74, 6) is 1.80. The molecule has 3 heteroatoms. The highest BCUT2D eigenvalue weighted by molar-refractivity contribution is 5.39. The summed E-state index contributed by atoms with van der Waals surface area (Å²) in [6, 6.07) is 4.46. The molecule has 2 fully saturated rings. The second kappa shape index (κ2) is 3.02. The fraction of sp³-hybridized carbons (Fsp3) is 0.571. The van der Waals surface area contributed by atoms with Gasteiger partial charge in [-0.3, -0.25) is 0 Å². The number of halogens is 1. The third kappa shape index (κ3) is 1.29. The van der Waals surface area contributed by atoms with E-state index < -0.39 is 6.10 Å². The molecule has 1 aliphatic heterocycles. The highest BCUT2D eigenvalue weighted by Gasteiger charge is 2.61. The lowest BCUT2D eigenvalue weighted by molar-refractivity contribution is -0.0250. The van der Waals surface area contributed by atoms with Crippen LogP contribution in [0.1, 0.15) is 37.4 Å². The van der Waals surface area contributed by atoms with Gasteiger partial charge >= 0.3 is 0 Å². The number of aliphatic hydroxyl groups is 1. The first-order valence-electron chi connectivity index (χ1n) is 6.34. The van der Waals surface area contributed by atoms with E-state index in [9.17, 15) is 9.50 Å². The van der Waals surface area contributed by atoms with Crippen LogP contribution in [0.5, 0.6) is 5.75 Å². The number of hydrogen-bond acceptors (Lipinski definition) is 2. The monoisotopic (exact) mass is 234 g/mol. The Morgan fingerprint density at radius 2 is 2.29 bits per heavy atom. The molecule has 4 rings (SSSR count). The summed E-state index contributed by atoms with van der Waals surface area (Å²) < 4.78 is 19.3. The molecule has 17 heavy (non-hydrogen) atoms. The van der Waals surface area contributed by atoms with Gasteiger partial charge in [-0.1, -0.05) is 0 Å². The average molecular weight is 234 g/mol. The Bertz CT molecular complexity index is 487. The molecule has 0 bridgehead atoms. The maximum atomic E-state index is 13.2. The van der Waals surface area contributed by atoms with E-state index in [1.165, 1.54) is 25.0 Å². The fourth-order valence-corrected chi connectivity index (χ4v) is 3.78. The van der Waals surface area contributed by atoms with Crippen LogP contribution in [0, 0.1) is 17.7 Å². The second-order valence-electron chi connectivity index (χ2n) is 5.71. The summed E-state index contributed by atoms with van der Waals surface area (Å²) in [5.41, 5.74) is 0.453. The van der Waals surface area contributed by atoms with Gasteiger partial charge in [0.25, 0.3) is 0 Å². The van der Waals surface area contributed by atoms with Crippen LogP contribution in [0.4, 0.5) is 4.39 Å². The number of rotatable bonds is 0. The molecule has 2 nitrogen and oxygen atoms in total. The van der Waals surface area contributed by atoms with Crippen molar-refractivity contribution in [3.05, 3.63) is 29.6 Å². The summed E-state index contributed by atoms with van der Waals surface area (Å²) >= 11 is 0. The van der Waals surface area contributed by atoms with Crippen LogP contribution in [0.3, 0.4) is 0 Å². The minimum absolute atomic E-state index is 0.158. The van der Waals surface area contributed by atoms with Crippen molar-refractivity contribution in [3.63, 3.8) is 0 Å². The number of ether oxygens (including phenoxy) is 1. The Hall–Kier alpha value is -1.09. The van der Waals surface area contributed by atoms with Crippen molar-refractivity contribution in [2.45, 2.75) is 37.4 Å². The highest BCUT2D eigenvalue weighted by atomic mass is 19.1. The van der Waals surface area contributed by atoms with Gasteiger partial charge < -0.3 is 9.84 Å². The molecule has 3 aliphatic rings. The van der Waals surface area contributed by atoms with E-state index in [2.05, 4.69) is 0 Å². The maximum Gasteiger partial charge on any atom is 0.126 e. The van der Waals surface area contributed by atoms with Crippen molar-refractivity contribution < 1.29 is 14.2 Å². The van der Waals surface area contributed by atoms with Crippen molar-refractivity contribution >= 4 is 0 Å². The van der Waals surface area contributed by atoms with Crippen molar-refractivity contribution in [2.75, 3.05) is 0 Å². The first kappa shape index (κ1) is 9.89. The van der Waals surface area contributed by atoms with Gasteiger partial charge in [0.2, 0.25) is 0 Å². The molecule has 2 aliphatic carbocycles. The van der Waals surface area contributed by atoms with Gasteiger partial charge in [0, 0.05) is 17.9 Å². The molecule has 2 saturated carbocycles. The molecule has 0 saturated heterocycles. The van der Waals surface area contributed by atoms with Crippen molar-refractivity contribution in [1.29, 1.82) is 0 Å². The van der Waals surface area contributed by atoms with Crippen LogP contribution < -0.4 is 4.74 Å². The van der Waals surface area contributed by atoms with E-state index in [0.29, 0.717) is 23.7 Å². The van der Waals surface area contributed by atoms with E-state index >= 15 is 0 Å². The Morgan fingerprint density at radius 1 is 1.41 bits per heavy atom. The Balaban J connectivity index is 1.76. The molecular weight excluding hydrogens is 219 g/mol. The summed E-state index contributed by atoms with van der Waals surface area (Å²) in [6.45, 7) is 0. The smallest absolute Gasteiger partial charge is 0.126 e. The molecule has 1 heterocycles. The zero-order valence-electron chi connectivity index (χ0n) is 9.53. The van der Waals surface area contributed by atoms with Crippen LogP contribution in [0.15, 0.2) is 18.2 Å². The topological polar surface area (TPSA) is 29.5 Å². The minimum atomic E-state index is -0.575. The molecule has 0 aromatic heterocycles. The normalized spacial score (nSPS) is 41.9. The molecule has 3 unspecified atom stereocenters. The van der Waals surface area contributed by atoms with Crippen LogP contribution in [-0.2, 0) is 0 Å². The van der Waals surface area contributed by atoms with Crippen LogP contribution in [0.2, 0.25) is 0 Å². The quantitative estimate of drug-likeness (QED) is 0.748. The molecule has 0 radical (unpaired) electrons. The van der Waals surface area contributed by atoms with Gasteiger partial charge in [-0.25, -0.2) is 4.39 Å².